The summed E-state index contributed by atoms with van der Waals surface area (Å²) in [6.07, 6.45) is 0. The summed E-state index contributed by atoms with van der Waals surface area (Å²) in [5.41, 5.74) is 6.09. The van der Waals surface area contributed by atoms with Gasteiger partial charge in [-0.05, 0) is 18.6 Å². The minimum absolute atomic E-state index is 0.159. The smallest absolute Gasteiger partial charge is 0.264 e. The van der Waals surface area contributed by atoms with Crippen molar-refractivity contribution in [2.24, 2.45) is 5.73 Å². The van der Waals surface area contributed by atoms with Crippen molar-refractivity contribution in [1.29, 1.82) is 0 Å². The first-order valence-corrected chi connectivity index (χ1v) is 7.44. The molecule has 1 aromatic heterocycles. The molecule has 0 radical (unpaired) electrons. The average molecular weight is 284 g/mol. The molecule has 1 heterocycles. The molecule has 0 spiro atoms. The van der Waals surface area contributed by atoms with E-state index in [1.165, 1.54) is 17.4 Å². The monoisotopic (exact) mass is 284 g/mol. The van der Waals surface area contributed by atoms with Crippen LogP contribution in [0.25, 0.3) is 0 Å². The van der Waals surface area contributed by atoms with Crippen LogP contribution in [0.1, 0.15) is 10.6 Å². The molecule has 0 atom stereocenters. The molecular formula is C10H12N4O2S2. The van der Waals surface area contributed by atoms with Gasteiger partial charge in [0, 0.05) is 6.54 Å². The van der Waals surface area contributed by atoms with Crippen molar-refractivity contribution in [1.82, 2.24) is 10.2 Å². The third-order valence-corrected chi connectivity index (χ3v) is 4.55. The van der Waals surface area contributed by atoms with E-state index in [2.05, 4.69) is 14.9 Å². The molecule has 0 aliphatic heterocycles. The van der Waals surface area contributed by atoms with Gasteiger partial charge in [-0.3, -0.25) is 4.72 Å². The largest absolute Gasteiger partial charge is 0.326 e. The molecule has 96 valence electrons. The summed E-state index contributed by atoms with van der Waals surface area (Å²) in [4.78, 5) is 0.167. The van der Waals surface area contributed by atoms with Crippen LogP contribution in [0.15, 0.2) is 29.2 Å². The molecule has 0 bridgehead atoms. The molecule has 0 saturated heterocycles. The highest BCUT2D eigenvalue weighted by molar-refractivity contribution is 7.93. The standard InChI is InChI=1S/C10H12N4O2S2/c1-7-12-13-10(17-7)14-18(15,16)9-5-3-2-4-8(9)6-11/h2-5H,6,11H2,1H3,(H,13,14). The molecule has 0 saturated carbocycles. The van der Waals surface area contributed by atoms with E-state index in [9.17, 15) is 8.42 Å². The maximum atomic E-state index is 12.2. The number of sulfonamides is 1. The number of rotatable bonds is 4. The molecule has 6 nitrogen and oxygen atoms in total. The Morgan fingerprint density at radius 1 is 1.33 bits per heavy atom. The second kappa shape index (κ2) is 5.01. The van der Waals surface area contributed by atoms with Crippen LogP contribution < -0.4 is 10.5 Å². The third kappa shape index (κ3) is 2.66. The average Bonchev–Trinajstić information content (AvgIpc) is 2.74. The van der Waals surface area contributed by atoms with Crippen LogP contribution in [0.4, 0.5) is 5.13 Å². The van der Waals surface area contributed by atoms with E-state index in [0.717, 1.165) is 0 Å². The van der Waals surface area contributed by atoms with Gasteiger partial charge in [-0.2, -0.15) is 0 Å². The SMILES string of the molecule is Cc1nnc(NS(=O)(=O)c2ccccc2CN)s1. The number of benzene rings is 1. The molecule has 2 aromatic rings. The highest BCUT2D eigenvalue weighted by atomic mass is 32.2. The van der Waals surface area contributed by atoms with Gasteiger partial charge in [0.05, 0.1) is 4.90 Å². The molecule has 8 heteroatoms. The maximum absolute atomic E-state index is 12.2. The Labute approximate surface area is 109 Å². The van der Waals surface area contributed by atoms with Gasteiger partial charge in [-0.1, -0.05) is 29.5 Å². The third-order valence-electron chi connectivity index (χ3n) is 2.23. The first-order valence-electron chi connectivity index (χ1n) is 5.14. The maximum Gasteiger partial charge on any atom is 0.264 e. The Morgan fingerprint density at radius 2 is 2.06 bits per heavy atom. The molecule has 0 aliphatic carbocycles. The Balaban J connectivity index is 2.36. The van der Waals surface area contributed by atoms with Gasteiger partial charge in [0.15, 0.2) is 0 Å². The number of nitrogens with two attached hydrogens (primary N) is 1. The number of nitrogens with one attached hydrogen (secondary N) is 1. The molecule has 1 aromatic carbocycles. The van der Waals surface area contributed by atoms with E-state index < -0.39 is 10.0 Å². The van der Waals surface area contributed by atoms with Crippen LogP contribution in [0.5, 0.6) is 0 Å². The van der Waals surface area contributed by atoms with Gasteiger partial charge in [0.1, 0.15) is 5.01 Å². The van der Waals surface area contributed by atoms with Crippen molar-refractivity contribution in [3.8, 4) is 0 Å². The van der Waals surface area contributed by atoms with E-state index in [0.29, 0.717) is 10.6 Å². The zero-order chi connectivity index (χ0) is 13.2. The summed E-state index contributed by atoms with van der Waals surface area (Å²) >= 11 is 1.18. The zero-order valence-electron chi connectivity index (χ0n) is 9.62. The van der Waals surface area contributed by atoms with Crippen molar-refractivity contribution in [3.05, 3.63) is 34.8 Å². The van der Waals surface area contributed by atoms with E-state index in [1.807, 2.05) is 0 Å². The number of anilines is 1. The predicted molar refractivity (Wildman–Crippen MR) is 69.8 cm³/mol. The van der Waals surface area contributed by atoms with Crippen molar-refractivity contribution >= 4 is 26.5 Å². The Morgan fingerprint density at radius 3 is 2.67 bits per heavy atom. The lowest BCUT2D eigenvalue weighted by Crippen LogP contribution is -2.16. The van der Waals surface area contributed by atoms with Crippen LogP contribution in [0.3, 0.4) is 0 Å². The summed E-state index contributed by atoms with van der Waals surface area (Å²) < 4.78 is 26.7. The van der Waals surface area contributed by atoms with Crippen LogP contribution >= 0.6 is 11.3 Å². The van der Waals surface area contributed by atoms with Crippen molar-refractivity contribution in [2.75, 3.05) is 4.72 Å². The first-order chi connectivity index (χ1) is 8.53. The van der Waals surface area contributed by atoms with Crippen LogP contribution in [-0.2, 0) is 16.6 Å². The number of hydrogen-bond donors (Lipinski definition) is 2. The van der Waals surface area contributed by atoms with Gasteiger partial charge in [-0.15, -0.1) is 10.2 Å². The molecular weight excluding hydrogens is 272 g/mol. The minimum atomic E-state index is -3.66. The van der Waals surface area contributed by atoms with Crippen molar-refractivity contribution in [3.63, 3.8) is 0 Å². The number of hydrogen-bond acceptors (Lipinski definition) is 6. The first kappa shape index (κ1) is 12.9. The molecule has 2 rings (SSSR count). The number of aryl methyl sites for hydroxylation is 1. The predicted octanol–water partition coefficient (Wildman–Crippen LogP) is 1.11. The van der Waals surface area contributed by atoms with Crippen LogP contribution in [0.2, 0.25) is 0 Å². The fraction of sp³-hybridized carbons (Fsp3) is 0.200. The highest BCUT2D eigenvalue weighted by Gasteiger charge is 2.19. The van der Waals surface area contributed by atoms with Gasteiger partial charge < -0.3 is 5.73 Å². The lowest BCUT2D eigenvalue weighted by molar-refractivity contribution is 0.600. The van der Waals surface area contributed by atoms with Gasteiger partial charge in [-0.25, -0.2) is 8.42 Å². The van der Waals surface area contributed by atoms with Crippen LogP contribution in [-0.4, -0.2) is 18.6 Å². The Kier molecular flexibility index (Phi) is 3.60. The second-order valence-electron chi connectivity index (χ2n) is 3.54. The Hall–Kier alpha value is -1.51. The van der Waals surface area contributed by atoms with Crippen LogP contribution in [0, 0.1) is 6.92 Å². The fourth-order valence-corrected chi connectivity index (χ4v) is 3.52. The minimum Gasteiger partial charge on any atom is -0.326 e. The molecule has 0 aliphatic rings. The van der Waals surface area contributed by atoms with E-state index in [1.54, 1.807) is 25.1 Å². The zero-order valence-corrected chi connectivity index (χ0v) is 11.3. The summed E-state index contributed by atoms with van der Waals surface area (Å²) in [5.74, 6) is 0. The molecule has 18 heavy (non-hydrogen) atoms. The number of nitrogens with zero attached hydrogens (tertiary/aromatic N) is 2. The van der Waals surface area contributed by atoms with Gasteiger partial charge in [0.25, 0.3) is 10.0 Å². The summed E-state index contributed by atoms with van der Waals surface area (Å²) in [5, 5.41) is 8.43. The lowest BCUT2D eigenvalue weighted by atomic mass is 10.2. The second-order valence-corrected chi connectivity index (χ2v) is 6.38. The molecule has 0 unspecified atom stereocenters. The normalized spacial score (nSPS) is 11.4. The summed E-state index contributed by atoms with van der Waals surface area (Å²) in [7, 11) is -3.66. The molecule has 0 amide bonds. The fourth-order valence-electron chi connectivity index (χ4n) is 1.44. The van der Waals surface area contributed by atoms with Crippen molar-refractivity contribution < 1.29 is 8.42 Å². The topological polar surface area (TPSA) is 98.0 Å². The van der Waals surface area contributed by atoms with E-state index in [-0.39, 0.29) is 16.6 Å². The lowest BCUT2D eigenvalue weighted by Gasteiger charge is -2.08. The molecule has 0 fully saturated rings. The van der Waals surface area contributed by atoms with E-state index in [4.69, 9.17) is 5.73 Å². The Bertz CT molecular complexity index is 651. The quantitative estimate of drug-likeness (QED) is 0.876. The highest BCUT2D eigenvalue weighted by Crippen LogP contribution is 2.21. The van der Waals surface area contributed by atoms with E-state index >= 15 is 0 Å². The van der Waals surface area contributed by atoms with Gasteiger partial charge in [0.2, 0.25) is 5.13 Å². The summed E-state index contributed by atoms with van der Waals surface area (Å²) in [6.45, 7) is 1.91. The number of aromatic nitrogens is 2. The molecule has 3 N–H and O–H groups in total. The summed E-state index contributed by atoms with van der Waals surface area (Å²) in [6, 6.07) is 6.59. The van der Waals surface area contributed by atoms with Crippen molar-refractivity contribution in [2.45, 2.75) is 18.4 Å². The van der Waals surface area contributed by atoms with Gasteiger partial charge >= 0.3 is 0 Å².